The molecule has 2 unspecified atom stereocenters. The summed E-state index contributed by atoms with van der Waals surface area (Å²) >= 11 is 3.98. The second-order valence-electron chi connectivity index (χ2n) is 4.33. The molecule has 1 N–H and O–H groups in total. The lowest BCUT2D eigenvalue weighted by atomic mass is 10.1. The molecule has 1 saturated heterocycles. The van der Waals surface area contributed by atoms with E-state index in [1.807, 2.05) is 11.8 Å². The molecule has 4 heteroatoms. The van der Waals surface area contributed by atoms with Crippen molar-refractivity contribution in [1.82, 2.24) is 5.32 Å². The number of nitrogens with one attached hydrogen (secondary N) is 1. The first kappa shape index (κ1) is 10.7. The molecule has 14 heavy (non-hydrogen) atoms. The van der Waals surface area contributed by atoms with Gasteiger partial charge in [-0.15, -0.1) is 0 Å². The topological polar surface area (TPSA) is 24.4 Å². The van der Waals surface area contributed by atoms with Gasteiger partial charge >= 0.3 is 0 Å². The van der Waals surface area contributed by atoms with Crippen LogP contribution < -0.4 is 5.32 Å². The van der Waals surface area contributed by atoms with Gasteiger partial charge in [0, 0.05) is 16.5 Å². The van der Waals surface area contributed by atoms with Crippen LogP contribution in [-0.2, 0) is 0 Å². The first-order chi connectivity index (χ1) is 6.68. The third-order valence-electron chi connectivity index (χ3n) is 2.72. The fraction of sp³-hybridized carbons (Fsp3) is 0.900. The molecule has 2 atom stereocenters. The number of nitrogens with zero attached hydrogens (tertiary/aromatic N) is 1. The summed E-state index contributed by atoms with van der Waals surface area (Å²) in [6.45, 7) is 6.66. The maximum atomic E-state index is 4.47. The van der Waals surface area contributed by atoms with Crippen LogP contribution in [0.5, 0.6) is 0 Å². The van der Waals surface area contributed by atoms with E-state index in [0.29, 0.717) is 10.00 Å². The van der Waals surface area contributed by atoms with Gasteiger partial charge in [0.15, 0.2) is 5.17 Å². The molecule has 0 aliphatic carbocycles. The van der Waals surface area contributed by atoms with Crippen molar-refractivity contribution in [3.05, 3.63) is 0 Å². The number of hydrogen-bond donors (Lipinski definition) is 1. The Bertz CT molecular complexity index is 234. The maximum absolute atomic E-state index is 4.47. The fourth-order valence-electron chi connectivity index (χ4n) is 1.81. The van der Waals surface area contributed by atoms with Crippen LogP contribution in [0.3, 0.4) is 0 Å². The average molecular weight is 230 g/mol. The van der Waals surface area contributed by atoms with Gasteiger partial charge in [-0.25, -0.2) is 0 Å². The van der Waals surface area contributed by atoms with E-state index in [0.717, 1.165) is 18.3 Å². The normalized spacial score (nSPS) is 37.3. The molecule has 0 aromatic rings. The third-order valence-corrected chi connectivity index (χ3v) is 5.31. The highest BCUT2D eigenvalue weighted by molar-refractivity contribution is 8.14. The molecule has 2 nitrogen and oxygen atoms in total. The SMILES string of the molecule is CC1CN=C(NCC2(C)CCCS2)S1. The molecule has 1 fully saturated rings. The van der Waals surface area contributed by atoms with Crippen molar-refractivity contribution in [2.24, 2.45) is 4.99 Å². The molecule has 2 aliphatic heterocycles. The number of thioether (sulfide) groups is 2. The van der Waals surface area contributed by atoms with E-state index in [2.05, 4.69) is 35.9 Å². The standard InChI is InChI=1S/C10H18N2S2/c1-8-6-11-9(14-8)12-7-10(2)4-3-5-13-10/h8H,3-7H2,1-2H3,(H,11,12). The van der Waals surface area contributed by atoms with Crippen molar-refractivity contribution < 1.29 is 0 Å². The van der Waals surface area contributed by atoms with Crippen LogP contribution in [0.4, 0.5) is 0 Å². The fourth-order valence-corrected chi connectivity index (χ4v) is 3.89. The second-order valence-corrected chi connectivity index (χ2v) is 7.44. The average Bonchev–Trinajstić information content (AvgIpc) is 2.73. The molecule has 2 heterocycles. The largest absolute Gasteiger partial charge is 0.364 e. The highest BCUT2D eigenvalue weighted by Crippen LogP contribution is 2.37. The van der Waals surface area contributed by atoms with E-state index in [4.69, 9.17) is 0 Å². The van der Waals surface area contributed by atoms with Crippen molar-refractivity contribution in [2.45, 2.75) is 36.7 Å². The molecule has 0 saturated carbocycles. The summed E-state index contributed by atoms with van der Waals surface area (Å²) in [5, 5.41) is 5.31. The first-order valence-corrected chi connectivity index (χ1v) is 7.13. The Morgan fingerprint density at radius 3 is 3.07 bits per heavy atom. The van der Waals surface area contributed by atoms with Crippen molar-refractivity contribution in [3.63, 3.8) is 0 Å². The number of rotatable bonds is 2. The van der Waals surface area contributed by atoms with Gasteiger partial charge in [0.1, 0.15) is 0 Å². The summed E-state index contributed by atoms with van der Waals surface area (Å²) in [5.41, 5.74) is 0. The van der Waals surface area contributed by atoms with Crippen LogP contribution in [0, 0.1) is 0 Å². The Hall–Kier alpha value is 0.170. The summed E-state index contributed by atoms with van der Waals surface area (Å²) in [7, 11) is 0. The van der Waals surface area contributed by atoms with E-state index in [9.17, 15) is 0 Å². The molecule has 0 aromatic carbocycles. The minimum atomic E-state index is 0.453. The van der Waals surface area contributed by atoms with E-state index in [-0.39, 0.29) is 0 Å². The Morgan fingerprint density at radius 1 is 1.64 bits per heavy atom. The molecule has 2 aliphatic rings. The second kappa shape index (κ2) is 4.35. The Kier molecular flexibility index (Phi) is 3.32. The van der Waals surface area contributed by atoms with Gasteiger partial charge in [0.25, 0.3) is 0 Å². The van der Waals surface area contributed by atoms with Crippen LogP contribution >= 0.6 is 23.5 Å². The van der Waals surface area contributed by atoms with Gasteiger partial charge in [-0.3, -0.25) is 4.99 Å². The maximum Gasteiger partial charge on any atom is 0.156 e. The van der Waals surface area contributed by atoms with Gasteiger partial charge in [-0.2, -0.15) is 11.8 Å². The molecular formula is C10H18N2S2. The van der Waals surface area contributed by atoms with Crippen molar-refractivity contribution in [1.29, 1.82) is 0 Å². The number of amidine groups is 1. The van der Waals surface area contributed by atoms with E-state index in [1.165, 1.54) is 18.6 Å². The summed E-state index contributed by atoms with van der Waals surface area (Å²) in [6, 6.07) is 0. The molecule has 0 aromatic heterocycles. The lowest BCUT2D eigenvalue weighted by Crippen LogP contribution is -2.35. The number of hydrogen-bond acceptors (Lipinski definition) is 4. The predicted octanol–water partition coefficient (Wildman–Crippen LogP) is 2.35. The van der Waals surface area contributed by atoms with E-state index in [1.54, 1.807) is 0 Å². The van der Waals surface area contributed by atoms with Gasteiger partial charge in [-0.1, -0.05) is 18.7 Å². The molecule has 80 valence electrons. The van der Waals surface area contributed by atoms with Crippen LogP contribution in [-0.4, -0.2) is 34.0 Å². The van der Waals surface area contributed by atoms with Crippen molar-refractivity contribution in [3.8, 4) is 0 Å². The Balaban J connectivity index is 1.77. The summed E-state index contributed by atoms with van der Waals surface area (Å²) in [6.07, 6.45) is 2.72. The molecular weight excluding hydrogens is 212 g/mol. The summed E-state index contributed by atoms with van der Waals surface area (Å²) in [5.74, 6) is 1.33. The zero-order chi connectivity index (χ0) is 10.0. The lowest BCUT2D eigenvalue weighted by Gasteiger charge is -2.23. The zero-order valence-electron chi connectivity index (χ0n) is 8.88. The van der Waals surface area contributed by atoms with Gasteiger partial charge in [0.05, 0.1) is 6.54 Å². The van der Waals surface area contributed by atoms with E-state index < -0.39 is 0 Å². The monoisotopic (exact) mass is 230 g/mol. The molecule has 0 amide bonds. The van der Waals surface area contributed by atoms with Crippen LogP contribution in [0.2, 0.25) is 0 Å². The van der Waals surface area contributed by atoms with Crippen LogP contribution in [0.25, 0.3) is 0 Å². The van der Waals surface area contributed by atoms with Gasteiger partial charge < -0.3 is 5.32 Å². The third kappa shape index (κ3) is 2.60. The first-order valence-electron chi connectivity index (χ1n) is 5.27. The highest BCUT2D eigenvalue weighted by Gasteiger charge is 2.30. The molecule has 0 radical (unpaired) electrons. The highest BCUT2D eigenvalue weighted by atomic mass is 32.2. The van der Waals surface area contributed by atoms with E-state index >= 15 is 0 Å². The zero-order valence-corrected chi connectivity index (χ0v) is 10.5. The van der Waals surface area contributed by atoms with Gasteiger partial charge in [-0.05, 0) is 25.5 Å². The van der Waals surface area contributed by atoms with Crippen molar-refractivity contribution in [2.75, 3.05) is 18.8 Å². The Labute approximate surface area is 94.7 Å². The molecule has 0 bridgehead atoms. The minimum Gasteiger partial charge on any atom is -0.364 e. The van der Waals surface area contributed by atoms with Crippen LogP contribution in [0.15, 0.2) is 4.99 Å². The summed E-state index contributed by atoms with van der Waals surface area (Å²) < 4.78 is 0.453. The smallest absolute Gasteiger partial charge is 0.156 e. The number of aliphatic imine (C=N–C) groups is 1. The minimum absolute atomic E-state index is 0.453. The molecule has 0 spiro atoms. The lowest BCUT2D eigenvalue weighted by molar-refractivity contribution is 0.593. The summed E-state index contributed by atoms with van der Waals surface area (Å²) in [4.78, 5) is 4.47. The van der Waals surface area contributed by atoms with Crippen LogP contribution in [0.1, 0.15) is 26.7 Å². The quantitative estimate of drug-likeness (QED) is 0.788. The molecule has 2 rings (SSSR count). The predicted molar refractivity (Wildman–Crippen MR) is 67.5 cm³/mol. The van der Waals surface area contributed by atoms with Gasteiger partial charge in [0.2, 0.25) is 0 Å². The van der Waals surface area contributed by atoms with Crippen molar-refractivity contribution >= 4 is 28.7 Å². The Morgan fingerprint density at radius 2 is 2.50 bits per heavy atom.